The Morgan fingerprint density at radius 1 is 1.22 bits per heavy atom. The van der Waals surface area contributed by atoms with E-state index in [1.165, 1.54) is 4.88 Å². The van der Waals surface area contributed by atoms with Crippen LogP contribution in [0.3, 0.4) is 0 Å². The molecule has 3 rings (SSSR count). The van der Waals surface area contributed by atoms with Gasteiger partial charge >= 0.3 is 0 Å². The van der Waals surface area contributed by atoms with Crippen molar-refractivity contribution in [2.24, 2.45) is 0 Å². The molecular weight excluding hydrogens is 308 g/mol. The molecular formula is C17H18N4OS. The van der Waals surface area contributed by atoms with Crippen LogP contribution in [-0.2, 0) is 4.79 Å². The molecule has 23 heavy (non-hydrogen) atoms. The van der Waals surface area contributed by atoms with E-state index < -0.39 is 0 Å². The van der Waals surface area contributed by atoms with Crippen LogP contribution in [-0.4, -0.2) is 29.5 Å². The molecule has 0 saturated heterocycles. The molecule has 0 radical (unpaired) electrons. The van der Waals surface area contributed by atoms with E-state index in [0.717, 1.165) is 27.2 Å². The van der Waals surface area contributed by atoms with Crippen LogP contribution in [0.25, 0.3) is 21.3 Å². The van der Waals surface area contributed by atoms with Gasteiger partial charge in [-0.2, -0.15) is 0 Å². The Labute approximate surface area is 138 Å². The van der Waals surface area contributed by atoms with Crippen molar-refractivity contribution < 1.29 is 4.79 Å². The Bertz CT molecular complexity index is 829. The van der Waals surface area contributed by atoms with E-state index in [-0.39, 0.29) is 5.91 Å². The van der Waals surface area contributed by atoms with E-state index in [2.05, 4.69) is 39.7 Å². The average Bonchev–Trinajstić information content (AvgIpc) is 2.92. The highest BCUT2D eigenvalue weighted by molar-refractivity contribution is 7.19. The summed E-state index contributed by atoms with van der Waals surface area (Å²) in [7, 11) is 1.64. The SMILES string of the molecule is CNC(=O)CCNc1ncnc2sc(C)c(-c3ccccc3)c12. The molecule has 0 fully saturated rings. The van der Waals surface area contributed by atoms with Gasteiger partial charge in [0.25, 0.3) is 0 Å². The monoisotopic (exact) mass is 326 g/mol. The smallest absolute Gasteiger partial charge is 0.221 e. The number of hydrogen-bond donors (Lipinski definition) is 2. The third-order valence-corrected chi connectivity index (χ3v) is 4.66. The lowest BCUT2D eigenvalue weighted by Crippen LogP contribution is -2.21. The average molecular weight is 326 g/mol. The number of nitrogens with one attached hydrogen (secondary N) is 2. The number of amides is 1. The van der Waals surface area contributed by atoms with E-state index in [1.54, 1.807) is 24.7 Å². The minimum absolute atomic E-state index is 0.00702. The van der Waals surface area contributed by atoms with Crippen molar-refractivity contribution in [1.29, 1.82) is 0 Å². The Morgan fingerprint density at radius 2 is 2.00 bits per heavy atom. The summed E-state index contributed by atoms with van der Waals surface area (Å²) in [6, 6.07) is 10.2. The van der Waals surface area contributed by atoms with Gasteiger partial charge in [-0.25, -0.2) is 9.97 Å². The van der Waals surface area contributed by atoms with Crippen LogP contribution in [0.15, 0.2) is 36.7 Å². The molecule has 1 aromatic carbocycles. The second-order valence-electron chi connectivity index (χ2n) is 5.15. The number of thiophene rings is 1. The molecule has 0 atom stereocenters. The predicted molar refractivity (Wildman–Crippen MR) is 94.8 cm³/mol. The number of anilines is 1. The maximum atomic E-state index is 11.4. The van der Waals surface area contributed by atoms with Crippen LogP contribution in [0.2, 0.25) is 0 Å². The Hall–Kier alpha value is -2.47. The fraction of sp³-hybridized carbons (Fsp3) is 0.235. The van der Waals surface area contributed by atoms with Gasteiger partial charge in [-0.15, -0.1) is 11.3 Å². The molecule has 118 valence electrons. The Kier molecular flexibility index (Phi) is 4.52. The molecule has 0 aliphatic rings. The van der Waals surface area contributed by atoms with Crippen molar-refractivity contribution in [3.05, 3.63) is 41.5 Å². The molecule has 0 spiro atoms. The van der Waals surface area contributed by atoms with Crippen molar-refractivity contribution >= 4 is 33.3 Å². The molecule has 0 unspecified atom stereocenters. The second-order valence-corrected chi connectivity index (χ2v) is 6.35. The summed E-state index contributed by atoms with van der Waals surface area (Å²) in [5.74, 6) is 0.787. The molecule has 2 N–H and O–H groups in total. The van der Waals surface area contributed by atoms with E-state index in [0.29, 0.717) is 13.0 Å². The van der Waals surface area contributed by atoms with Crippen molar-refractivity contribution in [2.75, 3.05) is 18.9 Å². The van der Waals surface area contributed by atoms with Crippen molar-refractivity contribution in [3.8, 4) is 11.1 Å². The van der Waals surface area contributed by atoms with Crippen LogP contribution in [0.5, 0.6) is 0 Å². The maximum Gasteiger partial charge on any atom is 0.221 e. The number of rotatable bonds is 5. The molecule has 0 aliphatic carbocycles. The van der Waals surface area contributed by atoms with Crippen LogP contribution in [0.1, 0.15) is 11.3 Å². The minimum atomic E-state index is 0.00702. The van der Waals surface area contributed by atoms with Crippen molar-refractivity contribution in [1.82, 2.24) is 15.3 Å². The molecule has 2 aromatic heterocycles. The molecule has 6 heteroatoms. The zero-order chi connectivity index (χ0) is 16.2. The first kappa shape index (κ1) is 15.4. The van der Waals surface area contributed by atoms with Crippen LogP contribution in [0.4, 0.5) is 5.82 Å². The minimum Gasteiger partial charge on any atom is -0.369 e. The third-order valence-electron chi connectivity index (χ3n) is 3.65. The predicted octanol–water partition coefficient (Wildman–Crippen LogP) is 3.21. The third kappa shape index (κ3) is 3.17. The summed E-state index contributed by atoms with van der Waals surface area (Å²) >= 11 is 1.66. The second kappa shape index (κ2) is 6.75. The van der Waals surface area contributed by atoms with Gasteiger partial charge < -0.3 is 10.6 Å². The van der Waals surface area contributed by atoms with Crippen molar-refractivity contribution in [3.63, 3.8) is 0 Å². The van der Waals surface area contributed by atoms with Gasteiger partial charge in [0.2, 0.25) is 5.91 Å². The first-order chi connectivity index (χ1) is 11.2. The standard InChI is InChI=1S/C17H18N4OS/c1-11-14(12-6-4-3-5-7-12)15-16(19-9-8-13(22)18-2)20-10-21-17(15)23-11/h3-7,10H,8-9H2,1-2H3,(H,18,22)(H,19,20,21). The number of fused-ring (bicyclic) bond motifs is 1. The van der Waals surface area contributed by atoms with Gasteiger partial charge in [-0.05, 0) is 12.5 Å². The van der Waals surface area contributed by atoms with Gasteiger partial charge in [-0.3, -0.25) is 4.79 Å². The van der Waals surface area contributed by atoms with Gasteiger partial charge in [0.15, 0.2) is 0 Å². The molecule has 5 nitrogen and oxygen atoms in total. The lowest BCUT2D eigenvalue weighted by Gasteiger charge is -2.08. The number of benzene rings is 1. The fourth-order valence-electron chi connectivity index (χ4n) is 2.55. The lowest BCUT2D eigenvalue weighted by atomic mass is 10.0. The highest BCUT2D eigenvalue weighted by Gasteiger charge is 2.16. The summed E-state index contributed by atoms with van der Waals surface area (Å²) in [6.45, 7) is 2.64. The topological polar surface area (TPSA) is 66.9 Å². The van der Waals surface area contributed by atoms with Crippen LogP contribution >= 0.6 is 11.3 Å². The summed E-state index contributed by atoms with van der Waals surface area (Å²) in [6.07, 6.45) is 1.97. The van der Waals surface area contributed by atoms with E-state index >= 15 is 0 Å². The van der Waals surface area contributed by atoms with Gasteiger partial charge in [0.05, 0.1) is 5.39 Å². The van der Waals surface area contributed by atoms with Crippen molar-refractivity contribution in [2.45, 2.75) is 13.3 Å². The molecule has 3 aromatic rings. The normalized spacial score (nSPS) is 10.7. The molecule has 0 saturated carbocycles. The fourth-order valence-corrected chi connectivity index (χ4v) is 3.56. The number of aromatic nitrogens is 2. The molecule has 0 bridgehead atoms. The number of nitrogens with zero attached hydrogens (tertiary/aromatic N) is 2. The molecule has 1 amide bonds. The summed E-state index contributed by atoms with van der Waals surface area (Å²) in [4.78, 5) is 22.3. The quantitative estimate of drug-likeness (QED) is 0.755. The summed E-state index contributed by atoms with van der Waals surface area (Å²) < 4.78 is 0. The molecule has 0 aliphatic heterocycles. The van der Waals surface area contributed by atoms with E-state index in [1.807, 2.05) is 18.2 Å². The molecule has 2 heterocycles. The van der Waals surface area contributed by atoms with E-state index in [9.17, 15) is 4.79 Å². The van der Waals surface area contributed by atoms with E-state index in [4.69, 9.17) is 0 Å². The number of aryl methyl sites for hydroxylation is 1. The highest BCUT2D eigenvalue weighted by atomic mass is 32.1. The van der Waals surface area contributed by atoms with Gasteiger partial charge in [0, 0.05) is 30.5 Å². The summed E-state index contributed by atoms with van der Waals surface area (Å²) in [5, 5.41) is 6.92. The Morgan fingerprint density at radius 3 is 2.74 bits per heavy atom. The van der Waals surface area contributed by atoms with Gasteiger partial charge in [0.1, 0.15) is 17.0 Å². The highest BCUT2D eigenvalue weighted by Crippen LogP contribution is 2.40. The number of carbonyl (C=O) groups excluding carboxylic acids is 1. The number of carbonyl (C=O) groups is 1. The maximum absolute atomic E-state index is 11.4. The lowest BCUT2D eigenvalue weighted by molar-refractivity contribution is -0.120. The van der Waals surface area contributed by atoms with Crippen LogP contribution < -0.4 is 10.6 Å². The Balaban J connectivity index is 2.00. The van der Waals surface area contributed by atoms with Crippen LogP contribution in [0, 0.1) is 6.92 Å². The largest absolute Gasteiger partial charge is 0.369 e. The first-order valence-corrected chi connectivity index (χ1v) is 8.26. The zero-order valence-corrected chi connectivity index (χ0v) is 13.9. The summed E-state index contributed by atoms with van der Waals surface area (Å²) in [5.41, 5.74) is 2.31. The number of hydrogen-bond acceptors (Lipinski definition) is 5. The first-order valence-electron chi connectivity index (χ1n) is 7.44. The van der Waals surface area contributed by atoms with Gasteiger partial charge in [-0.1, -0.05) is 30.3 Å². The zero-order valence-electron chi connectivity index (χ0n) is 13.1.